The maximum atomic E-state index is 4.75. The number of aryl methyl sites for hydroxylation is 1. The largest absolute Gasteiger partial charge is 0.357 e. The van der Waals surface area contributed by atoms with Crippen LogP contribution >= 0.6 is 24.0 Å². The van der Waals surface area contributed by atoms with Crippen LogP contribution in [0.25, 0.3) is 5.65 Å². The van der Waals surface area contributed by atoms with Gasteiger partial charge >= 0.3 is 0 Å². The molecule has 0 aromatic carbocycles. The number of halogens is 1. The van der Waals surface area contributed by atoms with Crippen LogP contribution in [0.2, 0.25) is 0 Å². The molecule has 0 spiro atoms. The zero-order chi connectivity index (χ0) is 20.4. The van der Waals surface area contributed by atoms with Crippen molar-refractivity contribution >= 4 is 35.6 Å². The number of guanidine groups is 1. The molecule has 29 heavy (non-hydrogen) atoms. The van der Waals surface area contributed by atoms with Gasteiger partial charge in [0.25, 0.3) is 0 Å². The summed E-state index contributed by atoms with van der Waals surface area (Å²) in [4.78, 5) is 12.0. The number of fused-ring (bicyclic) bond motifs is 1. The topological polar surface area (TPSA) is 57.0 Å². The molecule has 0 amide bonds. The van der Waals surface area contributed by atoms with E-state index >= 15 is 0 Å². The van der Waals surface area contributed by atoms with Crippen molar-refractivity contribution in [3.05, 3.63) is 35.8 Å². The van der Waals surface area contributed by atoms with E-state index in [1.54, 1.807) is 0 Å². The molecule has 0 radical (unpaired) electrons. The molecule has 2 aromatic heterocycles. The molecule has 6 nitrogen and oxygen atoms in total. The van der Waals surface area contributed by atoms with Crippen LogP contribution in [-0.4, -0.2) is 59.0 Å². The summed E-state index contributed by atoms with van der Waals surface area (Å²) in [5.74, 6) is 0.901. The minimum atomic E-state index is 0. The van der Waals surface area contributed by atoms with Crippen LogP contribution in [0.1, 0.15) is 51.8 Å². The minimum absolute atomic E-state index is 0. The Morgan fingerprint density at radius 2 is 2.03 bits per heavy atom. The average Bonchev–Trinajstić information content (AvgIpc) is 3.10. The van der Waals surface area contributed by atoms with E-state index in [2.05, 4.69) is 72.9 Å². The Hall–Kier alpha value is -1.35. The highest BCUT2D eigenvalue weighted by Crippen LogP contribution is 2.10. The first-order chi connectivity index (χ1) is 13.6. The number of rotatable bonds is 11. The number of aromatic nitrogens is 2. The lowest BCUT2D eigenvalue weighted by atomic mass is 10.2. The molecule has 0 bridgehead atoms. The molecule has 0 aliphatic heterocycles. The fourth-order valence-electron chi connectivity index (χ4n) is 3.39. The summed E-state index contributed by atoms with van der Waals surface area (Å²) >= 11 is 0. The Bertz CT molecular complexity index is 738. The Morgan fingerprint density at radius 3 is 2.69 bits per heavy atom. The van der Waals surface area contributed by atoms with E-state index in [0.717, 1.165) is 56.3 Å². The molecule has 0 saturated carbocycles. The number of hydrogen-bond acceptors (Lipinski definition) is 3. The van der Waals surface area contributed by atoms with Crippen LogP contribution in [0.5, 0.6) is 0 Å². The van der Waals surface area contributed by atoms with E-state index in [-0.39, 0.29) is 24.0 Å². The van der Waals surface area contributed by atoms with Crippen LogP contribution in [0.15, 0.2) is 29.5 Å². The summed E-state index contributed by atoms with van der Waals surface area (Å²) in [6.07, 6.45) is 7.35. The van der Waals surface area contributed by atoms with Crippen LogP contribution in [0, 0.1) is 6.92 Å². The fourth-order valence-corrected chi connectivity index (χ4v) is 3.39. The predicted octanol–water partition coefficient (Wildman–Crippen LogP) is 3.87. The molecule has 2 aromatic rings. The third-order valence-corrected chi connectivity index (χ3v) is 5.10. The first-order valence-corrected chi connectivity index (χ1v) is 10.8. The maximum absolute atomic E-state index is 4.75. The molecule has 2 heterocycles. The number of nitrogens with one attached hydrogen (secondary N) is 2. The van der Waals surface area contributed by atoms with Gasteiger partial charge in [0, 0.05) is 37.9 Å². The Labute approximate surface area is 193 Å². The summed E-state index contributed by atoms with van der Waals surface area (Å²) in [6, 6.07) is 4.56. The number of aliphatic imine (C=N–C) groups is 1. The third-order valence-electron chi connectivity index (χ3n) is 5.10. The Kier molecular flexibility index (Phi) is 12.2. The molecule has 2 rings (SSSR count). The van der Waals surface area contributed by atoms with Crippen molar-refractivity contribution in [2.45, 2.75) is 59.9 Å². The van der Waals surface area contributed by atoms with Crippen molar-refractivity contribution in [3.8, 4) is 0 Å². The second kappa shape index (κ2) is 13.8. The summed E-state index contributed by atoms with van der Waals surface area (Å²) in [5, 5.41) is 6.90. The van der Waals surface area contributed by atoms with Gasteiger partial charge in [-0.05, 0) is 64.9 Å². The van der Waals surface area contributed by atoms with Gasteiger partial charge in [0.1, 0.15) is 5.65 Å². The fraction of sp³-hybridized carbons (Fsp3) is 0.636. The molecular formula is C22H39IN6. The van der Waals surface area contributed by atoms with E-state index in [9.17, 15) is 0 Å². The van der Waals surface area contributed by atoms with E-state index in [1.807, 2.05) is 6.20 Å². The van der Waals surface area contributed by atoms with Crippen molar-refractivity contribution < 1.29 is 0 Å². The number of pyridine rings is 1. The van der Waals surface area contributed by atoms with Gasteiger partial charge in [-0.2, -0.15) is 0 Å². The lowest BCUT2D eigenvalue weighted by molar-refractivity contribution is 0.292. The lowest BCUT2D eigenvalue weighted by Crippen LogP contribution is -2.42. The molecule has 1 unspecified atom stereocenters. The second-order valence-electron chi connectivity index (χ2n) is 7.38. The summed E-state index contributed by atoms with van der Waals surface area (Å²) in [6.45, 7) is 15.9. The van der Waals surface area contributed by atoms with Crippen molar-refractivity contribution in [2.24, 2.45) is 4.99 Å². The minimum Gasteiger partial charge on any atom is -0.357 e. The van der Waals surface area contributed by atoms with Crippen molar-refractivity contribution in [2.75, 3.05) is 32.7 Å². The van der Waals surface area contributed by atoms with Crippen LogP contribution < -0.4 is 10.6 Å². The van der Waals surface area contributed by atoms with Gasteiger partial charge in [0.15, 0.2) is 5.96 Å². The van der Waals surface area contributed by atoms with Gasteiger partial charge in [-0.1, -0.05) is 19.9 Å². The van der Waals surface area contributed by atoms with Gasteiger partial charge in [0.2, 0.25) is 0 Å². The number of hydrogen-bond donors (Lipinski definition) is 2. The summed E-state index contributed by atoms with van der Waals surface area (Å²) in [7, 11) is 0. The van der Waals surface area contributed by atoms with Crippen LogP contribution in [-0.2, 0) is 6.42 Å². The zero-order valence-electron chi connectivity index (χ0n) is 18.7. The van der Waals surface area contributed by atoms with Gasteiger partial charge in [-0.15, -0.1) is 24.0 Å². The predicted molar refractivity (Wildman–Crippen MR) is 135 cm³/mol. The summed E-state index contributed by atoms with van der Waals surface area (Å²) < 4.78 is 2.09. The lowest BCUT2D eigenvalue weighted by Gasteiger charge is -2.21. The van der Waals surface area contributed by atoms with Gasteiger partial charge < -0.3 is 19.9 Å². The smallest absolute Gasteiger partial charge is 0.191 e. The highest BCUT2D eigenvalue weighted by atomic mass is 127. The van der Waals surface area contributed by atoms with Crippen LogP contribution in [0.3, 0.4) is 0 Å². The maximum Gasteiger partial charge on any atom is 0.191 e. The van der Waals surface area contributed by atoms with Gasteiger partial charge in [-0.3, -0.25) is 4.99 Å². The Balaban J connectivity index is 0.00000420. The molecule has 0 aliphatic carbocycles. The van der Waals surface area contributed by atoms with Crippen LogP contribution in [0.4, 0.5) is 0 Å². The molecule has 7 heteroatoms. The molecule has 0 fully saturated rings. The zero-order valence-corrected chi connectivity index (χ0v) is 21.1. The van der Waals surface area contributed by atoms with E-state index in [4.69, 9.17) is 9.98 Å². The normalized spacial score (nSPS) is 12.8. The highest BCUT2D eigenvalue weighted by Gasteiger charge is 2.07. The van der Waals surface area contributed by atoms with Gasteiger partial charge in [0.05, 0.1) is 5.69 Å². The standard InChI is InChI=1S/C22H38N6.HI/c1-6-23-22(25-19(5)12-10-15-27(7-2)8-3)24-14-13-20-17-28-16-9-11-18(4)21(28)26-20;/h9,11,16-17,19H,6-8,10,12-15H2,1-5H3,(H2,23,24,25);1H. The molecule has 164 valence electrons. The summed E-state index contributed by atoms with van der Waals surface area (Å²) in [5.41, 5.74) is 3.32. The molecule has 0 aliphatic rings. The SMILES string of the molecule is CCNC(=NCCc1cn2cccc(C)c2n1)NC(C)CCCN(CC)CC.I. The molecule has 0 saturated heterocycles. The average molecular weight is 515 g/mol. The molecule has 1 atom stereocenters. The van der Waals surface area contributed by atoms with Crippen molar-refractivity contribution in [3.63, 3.8) is 0 Å². The number of nitrogens with zero attached hydrogens (tertiary/aromatic N) is 4. The first kappa shape index (κ1) is 25.7. The van der Waals surface area contributed by atoms with E-state index in [0.29, 0.717) is 6.04 Å². The first-order valence-electron chi connectivity index (χ1n) is 10.8. The Morgan fingerprint density at radius 1 is 1.28 bits per heavy atom. The van der Waals surface area contributed by atoms with Crippen molar-refractivity contribution in [1.29, 1.82) is 0 Å². The molecular weight excluding hydrogens is 475 g/mol. The highest BCUT2D eigenvalue weighted by molar-refractivity contribution is 14.0. The van der Waals surface area contributed by atoms with Gasteiger partial charge in [-0.25, -0.2) is 4.98 Å². The van der Waals surface area contributed by atoms with E-state index in [1.165, 1.54) is 18.5 Å². The van der Waals surface area contributed by atoms with Crippen molar-refractivity contribution in [1.82, 2.24) is 24.9 Å². The quantitative estimate of drug-likeness (QED) is 0.272. The number of imidazole rings is 1. The molecule has 2 N–H and O–H groups in total. The second-order valence-corrected chi connectivity index (χ2v) is 7.38. The van der Waals surface area contributed by atoms with E-state index < -0.39 is 0 Å². The third kappa shape index (κ3) is 8.50. The monoisotopic (exact) mass is 514 g/mol.